The first-order valence-electron chi connectivity index (χ1n) is 6.00. The maximum absolute atomic E-state index is 11.9. The van der Waals surface area contributed by atoms with Gasteiger partial charge in [-0.25, -0.2) is 4.98 Å². The van der Waals surface area contributed by atoms with Crippen LogP contribution in [0.1, 0.15) is 44.7 Å². The monoisotopic (exact) mass is 327 g/mol. The Balaban J connectivity index is 0. The third-order valence-electron chi connectivity index (χ3n) is 2.54. The number of carbonyl (C=O) groups excluding carboxylic acids is 1. The fourth-order valence-corrected chi connectivity index (χ4v) is 2.41. The summed E-state index contributed by atoms with van der Waals surface area (Å²) >= 11 is 1.56. The standard InChI is InChI=1S/C12H21N3OS.2ClH/c1-4-10(12-14-5-6-17-12)15-11(16)9(13)7-8(2)3;;/h5-6,8-10H,4,7,13H2,1-3H3,(H,15,16);2*1H/t9-,10?;;/m0../s1. The zero-order chi connectivity index (χ0) is 12.8. The summed E-state index contributed by atoms with van der Waals surface area (Å²) in [4.78, 5) is 16.1. The van der Waals surface area contributed by atoms with Gasteiger partial charge in [0.25, 0.3) is 0 Å². The predicted molar refractivity (Wildman–Crippen MR) is 85.2 cm³/mol. The molecule has 0 radical (unpaired) electrons. The molecule has 0 aliphatic carbocycles. The molecule has 1 rings (SSSR count). The van der Waals surface area contributed by atoms with E-state index in [9.17, 15) is 4.79 Å². The first kappa shape index (κ1) is 20.9. The predicted octanol–water partition coefficient (Wildman–Crippen LogP) is 2.93. The van der Waals surface area contributed by atoms with Crippen LogP contribution in [0.2, 0.25) is 0 Å². The minimum atomic E-state index is -0.427. The summed E-state index contributed by atoms with van der Waals surface area (Å²) in [6, 6.07) is -0.440. The molecule has 0 fully saturated rings. The molecule has 4 nitrogen and oxygen atoms in total. The number of thiazole rings is 1. The number of hydrogen-bond acceptors (Lipinski definition) is 4. The van der Waals surface area contributed by atoms with Gasteiger partial charge in [-0.15, -0.1) is 36.2 Å². The van der Waals surface area contributed by atoms with Gasteiger partial charge in [0, 0.05) is 11.6 Å². The molecule has 1 unspecified atom stereocenters. The maximum atomic E-state index is 11.9. The van der Waals surface area contributed by atoms with Gasteiger partial charge < -0.3 is 11.1 Å². The number of aromatic nitrogens is 1. The number of halogens is 2. The molecule has 0 bridgehead atoms. The Morgan fingerprint density at radius 2 is 2.11 bits per heavy atom. The molecule has 0 aliphatic rings. The third-order valence-corrected chi connectivity index (χ3v) is 3.43. The molecule has 19 heavy (non-hydrogen) atoms. The molecule has 112 valence electrons. The topological polar surface area (TPSA) is 68.0 Å². The minimum absolute atomic E-state index is 0. The molecule has 1 aromatic rings. The minimum Gasteiger partial charge on any atom is -0.346 e. The van der Waals surface area contributed by atoms with Crippen LogP contribution in [0.15, 0.2) is 11.6 Å². The van der Waals surface area contributed by atoms with Crippen molar-refractivity contribution in [2.24, 2.45) is 11.7 Å². The number of nitrogens with two attached hydrogens (primary N) is 1. The summed E-state index contributed by atoms with van der Waals surface area (Å²) in [6.07, 6.45) is 3.29. The van der Waals surface area contributed by atoms with Crippen molar-refractivity contribution in [1.29, 1.82) is 0 Å². The van der Waals surface area contributed by atoms with E-state index < -0.39 is 6.04 Å². The smallest absolute Gasteiger partial charge is 0.237 e. The van der Waals surface area contributed by atoms with Gasteiger partial charge in [0.2, 0.25) is 5.91 Å². The first-order chi connectivity index (χ1) is 8.04. The summed E-state index contributed by atoms with van der Waals surface area (Å²) in [5, 5.41) is 5.82. The molecule has 3 N–H and O–H groups in total. The normalized spacial score (nSPS) is 13.1. The molecule has 0 aliphatic heterocycles. The van der Waals surface area contributed by atoms with E-state index in [0.29, 0.717) is 12.3 Å². The van der Waals surface area contributed by atoms with Gasteiger partial charge in [-0.1, -0.05) is 20.8 Å². The highest BCUT2D eigenvalue weighted by Gasteiger charge is 2.20. The van der Waals surface area contributed by atoms with Crippen molar-refractivity contribution in [2.45, 2.75) is 45.7 Å². The maximum Gasteiger partial charge on any atom is 0.237 e. The average molecular weight is 328 g/mol. The summed E-state index contributed by atoms with van der Waals surface area (Å²) in [5.41, 5.74) is 5.85. The molecule has 7 heteroatoms. The van der Waals surface area contributed by atoms with Crippen LogP contribution in [0.3, 0.4) is 0 Å². The van der Waals surface area contributed by atoms with Crippen LogP contribution in [-0.2, 0) is 4.79 Å². The van der Waals surface area contributed by atoms with Crippen molar-refractivity contribution < 1.29 is 4.79 Å². The van der Waals surface area contributed by atoms with Crippen molar-refractivity contribution in [3.05, 3.63) is 16.6 Å². The highest BCUT2D eigenvalue weighted by atomic mass is 35.5. The lowest BCUT2D eigenvalue weighted by Crippen LogP contribution is -2.42. The zero-order valence-corrected chi connectivity index (χ0v) is 13.9. The van der Waals surface area contributed by atoms with Crippen molar-refractivity contribution in [3.63, 3.8) is 0 Å². The molecule has 0 spiro atoms. The van der Waals surface area contributed by atoms with Crippen LogP contribution >= 0.6 is 36.2 Å². The Bertz CT molecular complexity index is 347. The van der Waals surface area contributed by atoms with Crippen LogP contribution in [0.5, 0.6) is 0 Å². The Labute approximate surface area is 131 Å². The summed E-state index contributed by atoms with van der Waals surface area (Å²) in [7, 11) is 0. The Morgan fingerprint density at radius 3 is 2.53 bits per heavy atom. The number of hydrogen-bond donors (Lipinski definition) is 2. The van der Waals surface area contributed by atoms with E-state index in [-0.39, 0.29) is 36.8 Å². The van der Waals surface area contributed by atoms with E-state index in [0.717, 1.165) is 11.4 Å². The van der Waals surface area contributed by atoms with Gasteiger partial charge in [0.1, 0.15) is 5.01 Å². The van der Waals surface area contributed by atoms with Gasteiger partial charge >= 0.3 is 0 Å². The summed E-state index contributed by atoms with van der Waals surface area (Å²) < 4.78 is 0. The van der Waals surface area contributed by atoms with Crippen molar-refractivity contribution >= 4 is 42.1 Å². The highest BCUT2D eigenvalue weighted by molar-refractivity contribution is 7.09. The Morgan fingerprint density at radius 1 is 1.47 bits per heavy atom. The van der Waals surface area contributed by atoms with Gasteiger partial charge in [0.05, 0.1) is 12.1 Å². The van der Waals surface area contributed by atoms with Crippen molar-refractivity contribution in [2.75, 3.05) is 0 Å². The SMILES string of the molecule is CCC(NC(=O)[C@@H](N)CC(C)C)c1nccs1.Cl.Cl. The van der Waals surface area contributed by atoms with Gasteiger partial charge in [-0.3, -0.25) is 4.79 Å². The second kappa shape index (κ2) is 10.4. The molecule has 1 heterocycles. The fourth-order valence-electron chi connectivity index (χ4n) is 1.64. The third kappa shape index (κ3) is 7.11. The Hall–Kier alpha value is -0.360. The number of carbonyl (C=O) groups is 1. The van der Waals surface area contributed by atoms with E-state index >= 15 is 0 Å². The van der Waals surface area contributed by atoms with E-state index in [4.69, 9.17) is 5.73 Å². The summed E-state index contributed by atoms with van der Waals surface area (Å²) in [6.45, 7) is 6.15. The van der Waals surface area contributed by atoms with Crippen LogP contribution in [0.25, 0.3) is 0 Å². The lowest BCUT2D eigenvalue weighted by molar-refractivity contribution is -0.123. The van der Waals surface area contributed by atoms with E-state index in [2.05, 4.69) is 24.1 Å². The number of amides is 1. The zero-order valence-electron chi connectivity index (χ0n) is 11.5. The second-order valence-electron chi connectivity index (χ2n) is 4.58. The lowest BCUT2D eigenvalue weighted by atomic mass is 10.0. The second-order valence-corrected chi connectivity index (χ2v) is 5.50. The van der Waals surface area contributed by atoms with Crippen LogP contribution < -0.4 is 11.1 Å². The van der Waals surface area contributed by atoms with E-state index in [1.54, 1.807) is 17.5 Å². The van der Waals surface area contributed by atoms with Gasteiger partial charge in [-0.2, -0.15) is 0 Å². The highest BCUT2D eigenvalue weighted by Crippen LogP contribution is 2.19. The molecule has 0 saturated heterocycles. The first-order valence-corrected chi connectivity index (χ1v) is 6.87. The molecule has 2 atom stereocenters. The van der Waals surface area contributed by atoms with E-state index in [1.165, 1.54) is 0 Å². The lowest BCUT2D eigenvalue weighted by Gasteiger charge is -2.19. The number of nitrogens with zero attached hydrogens (tertiary/aromatic N) is 1. The van der Waals surface area contributed by atoms with Crippen LogP contribution in [-0.4, -0.2) is 16.9 Å². The number of rotatable bonds is 6. The summed E-state index contributed by atoms with van der Waals surface area (Å²) in [5.74, 6) is 0.344. The van der Waals surface area contributed by atoms with Gasteiger partial charge in [-0.05, 0) is 18.8 Å². The van der Waals surface area contributed by atoms with Crippen LogP contribution in [0.4, 0.5) is 0 Å². The quantitative estimate of drug-likeness (QED) is 0.844. The molecular weight excluding hydrogens is 305 g/mol. The molecule has 0 aromatic carbocycles. The van der Waals surface area contributed by atoms with E-state index in [1.807, 2.05) is 12.3 Å². The molecule has 0 saturated carbocycles. The molecular formula is C12H23Cl2N3OS. The average Bonchev–Trinajstić information content (AvgIpc) is 2.77. The van der Waals surface area contributed by atoms with Crippen molar-refractivity contribution in [3.8, 4) is 0 Å². The fraction of sp³-hybridized carbons (Fsp3) is 0.667. The molecule has 1 aromatic heterocycles. The van der Waals surface area contributed by atoms with Crippen molar-refractivity contribution in [1.82, 2.24) is 10.3 Å². The van der Waals surface area contributed by atoms with Crippen LogP contribution in [0, 0.1) is 5.92 Å². The Kier molecular flexibility index (Phi) is 11.5. The largest absolute Gasteiger partial charge is 0.346 e. The van der Waals surface area contributed by atoms with Gasteiger partial charge in [0.15, 0.2) is 0 Å². The molecule has 1 amide bonds. The number of nitrogens with one attached hydrogen (secondary N) is 1.